The van der Waals surface area contributed by atoms with E-state index in [2.05, 4.69) is 10.8 Å². The van der Waals surface area contributed by atoms with E-state index in [1.165, 1.54) is 12.1 Å². The molecular weight excluding hydrogens is 264 g/mol. The lowest BCUT2D eigenvalue weighted by Crippen LogP contribution is -2.07. The number of rotatable bonds is 4. The minimum atomic E-state index is -4.56. The van der Waals surface area contributed by atoms with Crippen molar-refractivity contribution in [2.75, 3.05) is 0 Å². The topological polar surface area (TPSA) is 63.6 Å². The molecule has 0 bridgehead atoms. The predicted molar refractivity (Wildman–Crippen MR) is 74.1 cm³/mol. The maximum absolute atomic E-state index is 10.8. The molecule has 0 radical (unpaired) electrons. The van der Waals surface area contributed by atoms with Gasteiger partial charge in [0.2, 0.25) is 0 Å². The van der Waals surface area contributed by atoms with Crippen LogP contribution in [0, 0.1) is 0 Å². The van der Waals surface area contributed by atoms with Crippen LogP contribution < -0.4 is 4.18 Å². The van der Waals surface area contributed by atoms with Gasteiger partial charge in [-0.25, -0.2) is 0 Å². The predicted octanol–water partition coefficient (Wildman–Crippen LogP) is 3.18. The lowest BCUT2D eigenvalue weighted by molar-refractivity contribution is 0.386. The molecule has 1 N–H and O–H groups in total. The molecule has 0 aliphatic rings. The molecule has 5 heteroatoms. The molecule has 19 heavy (non-hydrogen) atoms. The Balaban J connectivity index is 2.58. The third-order valence-electron chi connectivity index (χ3n) is 2.55. The van der Waals surface area contributed by atoms with Crippen LogP contribution in [0.25, 0.3) is 17.2 Å². The van der Waals surface area contributed by atoms with Gasteiger partial charge in [-0.15, -0.1) is 0 Å². The Kier molecular flexibility index (Phi) is 3.69. The van der Waals surface area contributed by atoms with Crippen LogP contribution in [0.4, 0.5) is 0 Å². The first-order valence-electron chi connectivity index (χ1n) is 5.49. The number of benzene rings is 2. The molecule has 98 valence electrons. The van der Waals surface area contributed by atoms with Crippen LogP contribution in [0.5, 0.6) is 5.75 Å². The quantitative estimate of drug-likeness (QED) is 0.871. The van der Waals surface area contributed by atoms with Crippen molar-refractivity contribution in [2.24, 2.45) is 0 Å². The highest BCUT2D eigenvalue weighted by atomic mass is 32.3. The SMILES string of the molecule is C=Cc1c(OS(=O)(=O)O)cccc1-c1ccccc1. The highest BCUT2D eigenvalue weighted by Crippen LogP contribution is 2.32. The Morgan fingerprint density at radius 2 is 1.74 bits per heavy atom. The first kappa shape index (κ1) is 13.3. The van der Waals surface area contributed by atoms with E-state index in [-0.39, 0.29) is 5.75 Å². The van der Waals surface area contributed by atoms with E-state index in [1.807, 2.05) is 36.4 Å². The van der Waals surface area contributed by atoms with Crippen molar-refractivity contribution in [1.82, 2.24) is 0 Å². The second kappa shape index (κ2) is 5.26. The van der Waals surface area contributed by atoms with E-state index in [4.69, 9.17) is 4.55 Å². The molecular formula is C14H12O4S. The van der Waals surface area contributed by atoms with Crippen LogP contribution in [0.1, 0.15) is 5.56 Å². The number of hydrogen-bond donors (Lipinski definition) is 1. The maximum atomic E-state index is 10.8. The summed E-state index contributed by atoms with van der Waals surface area (Å²) in [4.78, 5) is 0. The van der Waals surface area contributed by atoms with Crippen LogP contribution in [0.3, 0.4) is 0 Å². The monoisotopic (exact) mass is 276 g/mol. The first-order valence-corrected chi connectivity index (χ1v) is 6.85. The Morgan fingerprint density at radius 3 is 2.32 bits per heavy atom. The standard InChI is InChI=1S/C14H12O4S/c1-2-12-13(11-7-4-3-5-8-11)9-6-10-14(12)18-19(15,16)17/h2-10H,1H2,(H,15,16,17). The van der Waals surface area contributed by atoms with Gasteiger partial charge in [-0.2, -0.15) is 8.42 Å². The molecule has 0 saturated carbocycles. The minimum Gasteiger partial charge on any atom is -0.361 e. The largest absolute Gasteiger partial charge is 0.446 e. The van der Waals surface area contributed by atoms with Crippen molar-refractivity contribution in [3.8, 4) is 16.9 Å². The molecule has 0 aromatic heterocycles. The first-order chi connectivity index (χ1) is 9.01. The van der Waals surface area contributed by atoms with Gasteiger partial charge < -0.3 is 4.18 Å². The van der Waals surface area contributed by atoms with Gasteiger partial charge in [-0.3, -0.25) is 4.55 Å². The highest BCUT2D eigenvalue weighted by Gasteiger charge is 2.13. The van der Waals surface area contributed by atoms with Gasteiger partial charge in [0.25, 0.3) is 0 Å². The average molecular weight is 276 g/mol. The van der Waals surface area contributed by atoms with Crippen molar-refractivity contribution in [1.29, 1.82) is 0 Å². The molecule has 2 rings (SSSR count). The van der Waals surface area contributed by atoms with Gasteiger partial charge in [-0.05, 0) is 17.2 Å². The van der Waals surface area contributed by atoms with E-state index in [0.29, 0.717) is 5.56 Å². The molecule has 0 aliphatic heterocycles. The lowest BCUT2D eigenvalue weighted by atomic mass is 9.99. The Labute approximate surface area is 111 Å². The molecule has 0 atom stereocenters. The fourth-order valence-electron chi connectivity index (χ4n) is 1.81. The molecule has 2 aromatic rings. The molecule has 4 nitrogen and oxygen atoms in total. The summed E-state index contributed by atoms with van der Waals surface area (Å²) in [6.07, 6.45) is 1.49. The molecule has 0 amide bonds. The van der Waals surface area contributed by atoms with Crippen molar-refractivity contribution in [3.05, 3.63) is 60.7 Å². The van der Waals surface area contributed by atoms with Gasteiger partial charge in [0.15, 0.2) is 5.75 Å². The van der Waals surface area contributed by atoms with Gasteiger partial charge >= 0.3 is 10.4 Å². The van der Waals surface area contributed by atoms with E-state index >= 15 is 0 Å². The Bertz CT molecular complexity index is 691. The second-order valence-corrected chi connectivity index (χ2v) is 4.82. The summed E-state index contributed by atoms with van der Waals surface area (Å²) >= 11 is 0. The summed E-state index contributed by atoms with van der Waals surface area (Å²) in [5, 5.41) is 0. The number of hydrogen-bond acceptors (Lipinski definition) is 3. The third-order valence-corrected chi connectivity index (χ3v) is 2.94. The molecule has 2 aromatic carbocycles. The molecule has 0 aliphatic carbocycles. The van der Waals surface area contributed by atoms with Crippen molar-refractivity contribution >= 4 is 16.5 Å². The van der Waals surface area contributed by atoms with Gasteiger partial charge in [0.1, 0.15) is 0 Å². The third kappa shape index (κ3) is 3.21. The van der Waals surface area contributed by atoms with Gasteiger partial charge in [0.05, 0.1) is 0 Å². The van der Waals surface area contributed by atoms with E-state index < -0.39 is 10.4 Å². The fourth-order valence-corrected chi connectivity index (χ4v) is 2.18. The Morgan fingerprint density at radius 1 is 1.05 bits per heavy atom. The highest BCUT2D eigenvalue weighted by molar-refractivity contribution is 7.81. The van der Waals surface area contributed by atoms with Crippen LogP contribution >= 0.6 is 0 Å². The zero-order chi connectivity index (χ0) is 13.9. The van der Waals surface area contributed by atoms with Crippen molar-refractivity contribution in [3.63, 3.8) is 0 Å². The van der Waals surface area contributed by atoms with E-state index in [1.54, 1.807) is 6.07 Å². The zero-order valence-corrected chi connectivity index (χ0v) is 10.8. The summed E-state index contributed by atoms with van der Waals surface area (Å²) < 4.78 is 34.9. The smallest absolute Gasteiger partial charge is 0.361 e. The average Bonchev–Trinajstić information content (AvgIpc) is 2.37. The van der Waals surface area contributed by atoms with Crippen LogP contribution in [-0.2, 0) is 10.4 Å². The molecule has 0 spiro atoms. The summed E-state index contributed by atoms with van der Waals surface area (Å²) in [6.45, 7) is 3.65. The fraction of sp³-hybridized carbons (Fsp3) is 0. The van der Waals surface area contributed by atoms with Crippen LogP contribution in [0.2, 0.25) is 0 Å². The lowest BCUT2D eigenvalue weighted by Gasteiger charge is -2.11. The van der Waals surface area contributed by atoms with Crippen molar-refractivity contribution < 1.29 is 17.2 Å². The van der Waals surface area contributed by atoms with Gasteiger partial charge in [-0.1, -0.05) is 55.1 Å². The second-order valence-electron chi connectivity index (χ2n) is 3.80. The Hall–Kier alpha value is -2.11. The summed E-state index contributed by atoms with van der Waals surface area (Å²) in [7, 11) is -4.56. The van der Waals surface area contributed by atoms with Crippen molar-refractivity contribution in [2.45, 2.75) is 0 Å². The molecule has 0 unspecified atom stereocenters. The van der Waals surface area contributed by atoms with E-state index in [9.17, 15) is 8.42 Å². The molecule has 0 fully saturated rings. The van der Waals surface area contributed by atoms with Gasteiger partial charge in [0, 0.05) is 5.56 Å². The van der Waals surface area contributed by atoms with E-state index in [0.717, 1.165) is 11.1 Å². The molecule has 0 heterocycles. The summed E-state index contributed by atoms with van der Waals surface area (Å²) in [5.74, 6) is 0.0406. The molecule has 0 saturated heterocycles. The summed E-state index contributed by atoms with van der Waals surface area (Å²) in [5.41, 5.74) is 2.18. The van der Waals surface area contributed by atoms with Crippen LogP contribution in [0.15, 0.2) is 55.1 Å². The zero-order valence-electron chi connectivity index (χ0n) is 9.98. The van der Waals surface area contributed by atoms with Crippen LogP contribution in [-0.4, -0.2) is 13.0 Å². The maximum Gasteiger partial charge on any atom is 0.446 e. The minimum absolute atomic E-state index is 0.0406. The summed E-state index contributed by atoms with van der Waals surface area (Å²) in [6, 6.07) is 14.3. The normalized spacial score (nSPS) is 11.0.